The molecule has 1 saturated heterocycles. The smallest absolute Gasteiger partial charge is 0.293 e. The molecule has 1 amide bonds. The molecule has 2 aliphatic rings. The first-order chi connectivity index (χ1) is 17.3. The second-order valence-corrected chi connectivity index (χ2v) is 9.44. The van der Waals surface area contributed by atoms with Crippen LogP contribution in [0.3, 0.4) is 0 Å². The van der Waals surface area contributed by atoms with E-state index in [9.17, 15) is 14.9 Å². The Labute approximate surface area is 209 Å². The van der Waals surface area contributed by atoms with Gasteiger partial charge in [-0.3, -0.25) is 14.9 Å². The molecular formula is C24H33N9O3. The second-order valence-electron chi connectivity index (χ2n) is 9.44. The number of nitrogens with one attached hydrogen (secondary N) is 2. The standard InChI is InChI=1S/C24H33N9O3/c1-15-11-22(34)30-31-23(15)16-8-9-20(21(12-16)33(35)36)32-10-3-2-7-19(32)18(29-24(25)26)6-4-5-17-13-27-14-28-17/h8-9,12-15,18-19H,2-7,10-11H2,1H3,(H,27,28)(H,30,34)(H4,25,26,29). The number of guanidine groups is 1. The Hall–Kier alpha value is -3.96. The van der Waals surface area contributed by atoms with Crippen molar-refractivity contribution in [1.29, 1.82) is 0 Å². The summed E-state index contributed by atoms with van der Waals surface area (Å²) in [6, 6.07) is 4.91. The minimum Gasteiger partial charge on any atom is -0.370 e. The molecule has 4 rings (SSSR count). The third-order valence-corrected chi connectivity index (χ3v) is 6.85. The van der Waals surface area contributed by atoms with E-state index >= 15 is 0 Å². The highest BCUT2D eigenvalue weighted by Crippen LogP contribution is 2.36. The first kappa shape index (κ1) is 25.1. The number of aliphatic imine (C=N–C) groups is 1. The largest absolute Gasteiger partial charge is 0.370 e. The van der Waals surface area contributed by atoms with Crippen molar-refractivity contribution in [3.63, 3.8) is 0 Å². The third-order valence-electron chi connectivity index (χ3n) is 6.85. The van der Waals surface area contributed by atoms with E-state index in [1.54, 1.807) is 24.7 Å². The average molecular weight is 496 g/mol. The number of anilines is 1. The van der Waals surface area contributed by atoms with Gasteiger partial charge in [0.25, 0.3) is 5.69 Å². The molecule has 0 saturated carbocycles. The highest BCUT2D eigenvalue weighted by molar-refractivity contribution is 6.06. The first-order valence-corrected chi connectivity index (χ1v) is 12.3. The minimum atomic E-state index is -0.356. The number of aryl methyl sites for hydroxylation is 1. The van der Waals surface area contributed by atoms with Crippen LogP contribution in [0.2, 0.25) is 0 Å². The summed E-state index contributed by atoms with van der Waals surface area (Å²) >= 11 is 0. The van der Waals surface area contributed by atoms with Crippen molar-refractivity contribution in [2.45, 2.75) is 64.0 Å². The van der Waals surface area contributed by atoms with Crippen LogP contribution < -0.4 is 21.8 Å². The average Bonchev–Trinajstić information content (AvgIpc) is 3.36. The van der Waals surface area contributed by atoms with Crippen LogP contribution in [0.5, 0.6) is 0 Å². The van der Waals surface area contributed by atoms with Crippen molar-refractivity contribution in [1.82, 2.24) is 15.4 Å². The normalized spacial score (nSPS) is 20.9. The molecule has 1 fully saturated rings. The van der Waals surface area contributed by atoms with E-state index in [-0.39, 0.29) is 40.5 Å². The van der Waals surface area contributed by atoms with Gasteiger partial charge >= 0.3 is 0 Å². The molecular weight excluding hydrogens is 462 g/mol. The molecule has 12 heteroatoms. The Morgan fingerprint density at radius 1 is 1.36 bits per heavy atom. The number of piperidine rings is 1. The van der Waals surface area contributed by atoms with E-state index in [0.717, 1.165) is 44.2 Å². The number of carbonyl (C=O) groups is 1. The number of hydrazone groups is 1. The molecule has 36 heavy (non-hydrogen) atoms. The molecule has 0 spiro atoms. The van der Waals surface area contributed by atoms with Gasteiger partial charge in [-0.1, -0.05) is 13.0 Å². The minimum absolute atomic E-state index is 0.00658. The van der Waals surface area contributed by atoms with Gasteiger partial charge in [0, 0.05) is 42.4 Å². The van der Waals surface area contributed by atoms with Gasteiger partial charge in [-0.15, -0.1) is 0 Å². The Kier molecular flexibility index (Phi) is 7.81. The number of nitrogens with zero attached hydrogens (tertiary/aromatic N) is 5. The molecule has 12 nitrogen and oxygen atoms in total. The number of carbonyl (C=O) groups excluding carboxylic acids is 1. The van der Waals surface area contributed by atoms with Crippen LogP contribution in [0.1, 0.15) is 56.7 Å². The number of H-pyrrole nitrogens is 1. The number of rotatable bonds is 9. The highest BCUT2D eigenvalue weighted by atomic mass is 16.6. The fourth-order valence-electron chi connectivity index (χ4n) is 5.19. The van der Waals surface area contributed by atoms with Gasteiger partial charge in [-0.25, -0.2) is 15.4 Å². The Morgan fingerprint density at radius 2 is 2.19 bits per heavy atom. The van der Waals surface area contributed by atoms with Crippen LogP contribution in [-0.4, -0.2) is 51.1 Å². The molecule has 3 heterocycles. The second kappa shape index (κ2) is 11.2. The lowest BCUT2D eigenvalue weighted by Crippen LogP contribution is -2.47. The number of nitro groups is 1. The monoisotopic (exact) mass is 495 g/mol. The maximum Gasteiger partial charge on any atom is 0.293 e. The van der Waals surface area contributed by atoms with Crippen molar-refractivity contribution < 1.29 is 9.72 Å². The van der Waals surface area contributed by atoms with E-state index in [1.807, 2.05) is 13.0 Å². The van der Waals surface area contributed by atoms with Crippen molar-refractivity contribution in [3.05, 3.63) is 52.1 Å². The molecule has 1 aromatic heterocycles. The zero-order valence-electron chi connectivity index (χ0n) is 20.4. The van der Waals surface area contributed by atoms with Crippen LogP contribution in [0.15, 0.2) is 40.8 Å². The molecule has 3 atom stereocenters. The van der Waals surface area contributed by atoms with Crippen molar-refractivity contribution in [2.24, 2.45) is 27.5 Å². The van der Waals surface area contributed by atoms with Crippen LogP contribution in [-0.2, 0) is 11.2 Å². The fourth-order valence-corrected chi connectivity index (χ4v) is 5.19. The predicted molar refractivity (Wildman–Crippen MR) is 138 cm³/mol. The molecule has 2 aromatic rings. The Morgan fingerprint density at radius 3 is 2.89 bits per heavy atom. The zero-order chi connectivity index (χ0) is 25.7. The summed E-state index contributed by atoms with van der Waals surface area (Å²) in [7, 11) is 0. The van der Waals surface area contributed by atoms with E-state index in [1.165, 1.54) is 0 Å². The molecule has 0 radical (unpaired) electrons. The maximum atomic E-state index is 12.2. The van der Waals surface area contributed by atoms with E-state index in [0.29, 0.717) is 29.9 Å². The molecule has 2 aliphatic heterocycles. The summed E-state index contributed by atoms with van der Waals surface area (Å²) in [6.45, 7) is 2.57. The summed E-state index contributed by atoms with van der Waals surface area (Å²) in [5.74, 6) is -0.275. The number of hydrogen-bond acceptors (Lipinski definition) is 7. The number of amides is 1. The lowest BCUT2D eigenvalue weighted by Gasteiger charge is -2.40. The van der Waals surface area contributed by atoms with Gasteiger partial charge in [0.05, 0.1) is 29.0 Å². The lowest BCUT2D eigenvalue weighted by atomic mass is 9.90. The predicted octanol–water partition coefficient (Wildman–Crippen LogP) is 2.20. The summed E-state index contributed by atoms with van der Waals surface area (Å²) in [4.78, 5) is 37.3. The van der Waals surface area contributed by atoms with Gasteiger partial charge < -0.3 is 21.4 Å². The zero-order valence-corrected chi connectivity index (χ0v) is 20.4. The summed E-state index contributed by atoms with van der Waals surface area (Å²) < 4.78 is 0. The van der Waals surface area contributed by atoms with Gasteiger partial charge in [0.2, 0.25) is 5.91 Å². The van der Waals surface area contributed by atoms with Crippen molar-refractivity contribution in [2.75, 3.05) is 11.4 Å². The van der Waals surface area contributed by atoms with Crippen LogP contribution in [0, 0.1) is 16.0 Å². The topological polar surface area (TPSA) is 181 Å². The molecule has 6 N–H and O–H groups in total. The SMILES string of the molecule is CC1CC(=O)NN=C1c1ccc(N2CCCCC2C(CCCc2cnc[nH]2)N=C(N)N)c([N+](=O)[O-])c1. The fraction of sp³-hybridized carbons (Fsp3) is 0.500. The first-order valence-electron chi connectivity index (χ1n) is 12.3. The summed E-state index contributed by atoms with van der Waals surface area (Å²) in [5, 5.41) is 16.3. The van der Waals surface area contributed by atoms with E-state index in [4.69, 9.17) is 11.5 Å². The van der Waals surface area contributed by atoms with E-state index < -0.39 is 0 Å². The molecule has 3 unspecified atom stereocenters. The van der Waals surface area contributed by atoms with Crippen LogP contribution in [0.4, 0.5) is 11.4 Å². The quantitative estimate of drug-likeness (QED) is 0.178. The summed E-state index contributed by atoms with van der Waals surface area (Å²) in [5.41, 5.74) is 16.9. The number of benzene rings is 1. The number of aromatic nitrogens is 2. The van der Waals surface area contributed by atoms with Crippen molar-refractivity contribution in [3.8, 4) is 0 Å². The van der Waals surface area contributed by atoms with Crippen LogP contribution in [0.25, 0.3) is 0 Å². The van der Waals surface area contributed by atoms with E-state index in [2.05, 4.69) is 30.4 Å². The number of nitrogens with two attached hydrogens (primary N) is 2. The van der Waals surface area contributed by atoms with Gasteiger partial charge in [-0.2, -0.15) is 5.10 Å². The number of aromatic amines is 1. The molecule has 0 aliphatic carbocycles. The van der Waals surface area contributed by atoms with Gasteiger partial charge in [0.15, 0.2) is 5.96 Å². The molecule has 192 valence electrons. The lowest BCUT2D eigenvalue weighted by molar-refractivity contribution is -0.384. The van der Waals surface area contributed by atoms with Crippen LogP contribution >= 0.6 is 0 Å². The van der Waals surface area contributed by atoms with Gasteiger partial charge in [-0.05, 0) is 44.6 Å². The Balaban J connectivity index is 1.62. The molecule has 1 aromatic carbocycles. The maximum absolute atomic E-state index is 12.2. The number of hydrogen-bond donors (Lipinski definition) is 4. The number of nitro benzene ring substituents is 1. The molecule has 0 bridgehead atoms. The highest BCUT2D eigenvalue weighted by Gasteiger charge is 2.34. The van der Waals surface area contributed by atoms with Gasteiger partial charge in [0.1, 0.15) is 5.69 Å². The number of imidazole rings is 1. The summed E-state index contributed by atoms with van der Waals surface area (Å²) in [6.07, 6.45) is 8.90. The Bertz CT molecular complexity index is 1140. The third kappa shape index (κ3) is 5.81. The van der Waals surface area contributed by atoms with Crippen molar-refractivity contribution >= 4 is 29.0 Å².